The largest absolute Gasteiger partial charge is 0.485 e. The van der Waals surface area contributed by atoms with Gasteiger partial charge in [0.2, 0.25) is 0 Å². The van der Waals surface area contributed by atoms with E-state index in [-0.39, 0.29) is 0 Å². The summed E-state index contributed by atoms with van der Waals surface area (Å²) in [5, 5.41) is 9.06. The number of unbranched alkanes of at least 4 members (excludes halogenated alkanes) is 6. The molecule has 0 aliphatic carbocycles. The second-order valence-corrected chi connectivity index (χ2v) is 19.4. The van der Waals surface area contributed by atoms with Crippen LogP contribution in [0.5, 0.6) is 23.0 Å². The number of ether oxygens (including phenoxy) is 4. The van der Waals surface area contributed by atoms with Crippen LogP contribution in [-0.4, -0.2) is 45.5 Å². The fraction of sp³-hybridized carbons (Fsp3) is 0.286. The Morgan fingerprint density at radius 1 is 0.470 bits per heavy atom. The van der Waals surface area contributed by atoms with Gasteiger partial charge in [0.25, 0.3) is 0 Å². The van der Waals surface area contributed by atoms with Gasteiger partial charge in [-0.2, -0.15) is 0 Å². The Balaban J connectivity index is 1.12. The lowest BCUT2D eigenvalue weighted by atomic mass is 9.98. The zero-order valence-corrected chi connectivity index (χ0v) is 39.2. The number of hydrogen-bond donors (Lipinski definition) is 0. The van der Waals surface area contributed by atoms with E-state index in [9.17, 15) is 0 Å². The van der Waals surface area contributed by atoms with Gasteiger partial charge in [-0.25, -0.2) is 9.97 Å². The molecule has 332 valence electrons. The van der Waals surface area contributed by atoms with E-state index in [1.807, 2.05) is 0 Å². The maximum absolute atomic E-state index is 6.33. The van der Waals surface area contributed by atoms with E-state index in [1.54, 1.807) is 22.7 Å². The molecule has 0 fully saturated rings. The number of rotatable bonds is 14. The SMILES string of the molecule is CCCCCCn1c2ccccc2c2cc(-c3nc4c(-c5scc6c5OCCO6)ccc(-c5scc6c5OCCO6)c4nc3-c3ccc4c(c3)c3ccccc3n4CCCCCC)ccc21. The summed E-state index contributed by atoms with van der Waals surface area (Å²) in [5.41, 5.74) is 12.3. The summed E-state index contributed by atoms with van der Waals surface area (Å²) in [6.45, 7) is 8.57. The molecule has 0 saturated carbocycles. The summed E-state index contributed by atoms with van der Waals surface area (Å²) in [6.07, 6.45) is 9.69. The Kier molecular flexibility index (Phi) is 10.9. The summed E-state index contributed by atoms with van der Waals surface area (Å²) in [5.74, 6) is 3.08. The summed E-state index contributed by atoms with van der Waals surface area (Å²) >= 11 is 3.25. The molecule has 0 radical (unpaired) electrons. The van der Waals surface area contributed by atoms with Crippen LogP contribution in [0.2, 0.25) is 0 Å². The van der Waals surface area contributed by atoms with Crippen LogP contribution in [0.25, 0.3) is 98.0 Å². The molecule has 0 amide bonds. The minimum absolute atomic E-state index is 0.496. The van der Waals surface area contributed by atoms with E-state index in [4.69, 9.17) is 28.9 Å². The van der Waals surface area contributed by atoms with E-state index in [1.165, 1.54) is 82.1 Å². The van der Waals surface area contributed by atoms with Crippen molar-refractivity contribution < 1.29 is 18.9 Å². The average molecular weight is 909 g/mol. The lowest BCUT2D eigenvalue weighted by Crippen LogP contribution is -2.14. The van der Waals surface area contributed by atoms with Crippen molar-refractivity contribution in [2.24, 2.45) is 0 Å². The molecule has 5 aromatic carbocycles. The fourth-order valence-corrected chi connectivity index (χ4v) is 12.2. The molecule has 10 aromatic rings. The number of aryl methyl sites for hydroxylation is 2. The maximum Gasteiger partial charge on any atom is 0.180 e. The van der Waals surface area contributed by atoms with Gasteiger partial charge in [0, 0.05) is 89.7 Å². The van der Waals surface area contributed by atoms with Gasteiger partial charge in [0.1, 0.15) is 26.4 Å². The zero-order chi connectivity index (χ0) is 44.1. The van der Waals surface area contributed by atoms with Gasteiger partial charge in [0.05, 0.1) is 32.2 Å². The van der Waals surface area contributed by atoms with Crippen molar-refractivity contribution in [3.8, 4) is 66.4 Å². The van der Waals surface area contributed by atoms with Crippen LogP contribution in [0.3, 0.4) is 0 Å². The van der Waals surface area contributed by atoms with Gasteiger partial charge in [-0.3, -0.25) is 0 Å². The van der Waals surface area contributed by atoms with Crippen LogP contribution < -0.4 is 18.9 Å². The minimum Gasteiger partial charge on any atom is -0.485 e. The highest BCUT2D eigenvalue weighted by atomic mass is 32.1. The van der Waals surface area contributed by atoms with E-state index in [0.29, 0.717) is 26.4 Å². The summed E-state index contributed by atoms with van der Waals surface area (Å²) in [7, 11) is 0. The zero-order valence-electron chi connectivity index (χ0n) is 37.5. The molecule has 10 heteroatoms. The van der Waals surface area contributed by atoms with Gasteiger partial charge in [-0.05, 0) is 49.2 Å². The molecule has 0 unspecified atom stereocenters. The smallest absolute Gasteiger partial charge is 0.180 e. The molecular formula is C56H52N4O4S2. The summed E-state index contributed by atoms with van der Waals surface area (Å²) in [4.78, 5) is 13.7. The molecule has 5 aromatic heterocycles. The molecule has 2 aliphatic rings. The van der Waals surface area contributed by atoms with Crippen molar-refractivity contribution in [1.82, 2.24) is 19.1 Å². The fourth-order valence-electron chi connectivity index (χ4n) is 10.3. The predicted molar refractivity (Wildman–Crippen MR) is 273 cm³/mol. The van der Waals surface area contributed by atoms with Crippen molar-refractivity contribution in [2.45, 2.75) is 78.3 Å². The van der Waals surface area contributed by atoms with E-state index < -0.39 is 0 Å². The lowest BCUT2D eigenvalue weighted by Gasteiger charge is -2.19. The average Bonchev–Trinajstić information content (AvgIpc) is 4.15. The number of para-hydroxylation sites is 2. The number of thiophene rings is 2. The number of aromatic nitrogens is 4. The van der Waals surface area contributed by atoms with E-state index >= 15 is 0 Å². The van der Waals surface area contributed by atoms with E-state index in [0.717, 1.165) is 103 Å². The van der Waals surface area contributed by atoms with Crippen molar-refractivity contribution in [2.75, 3.05) is 26.4 Å². The molecule has 7 heterocycles. The van der Waals surface area contributed by atoms with Crippen molar-refractivity contribution in [3.05, 3.63) is 108 Å². The monoisotopic (exact) mass is 908 g/mol. The highest BCUT2D eigenvalue weighted by Crippen LogP contribution is 2.52. The molecule has 2 aliphatic heterocycles. The first kappa shape index (κ1) is 41.1. The quantitative estimate of drug-likeness (QED) is 0.101. The summed E-state index contributed by atoms with van der Waals surface area (Å²) < 4.78 is 29.9. The second kappa shape index (κ2) is 17.5. The first-order valence-electron chi connectivity index (χ1n) is 23.8. The summed E-state index contributed by atoms with van der Waals surface area (Å²) in [6, 6.07) is 35.9. The Morgan fingerprint density at radius 3 is 1.38 bits per heavy atom. The molecule has 0 N–H and O–H groups in total. The van der Waals surface area contributed by atoms with Crippen LogP contribution in [0, 0.1) is 0 Å². The third-order valence-corrected chi connectivity index (χ3v) is 15.4. The number of nitrogens with zero attached hydrogens (tertiary/aromatic N) is 4. The topological polar surface area (TPSA) is 72.6 Å². The van der Waals surface area contributed by atoms with Crippen molar-refractivity contribution in [1.29, 1.82) is 0 Å². The Labute approximate surface area is 392 Å². The lowest BCUT2D eigenvalue weighted by molar-refractivity contribution is 0.174. The number of hydrogen-bond acceptors (Lipinski definition) is 8. The molecule has 0 atom stereocenters. The normalized spacial score (nSPS) is 13.5. The molecule has 12 rings (SSSR count). The maximum atomic E-state index is 6.33. The van der Waals surface area contributed by atoms with E-state index in [2.05, 4.69) is 131 Å². The first-order valence-corrected chi connectivity index (χ1v) is 25.6. The third kappa shape index (κ3) is 6.99. The highest BCUT2D eigenvalue weighted by molar-refractivity contribution is 7.15. The van der Waals surface area contributed by atoms with Crippen LogP contribution in [0.1, 0.15) is 65.2 Å². The van der Waals surface area contributed by atoms with Gasteiger partial charge in [-0.15, -0.1) is 22.7 Å². The Hall–Kier alpha value is -6.36. The van der Waals surface area contributed by atoms with Gasteiger partial charge >= 0.3 is 0 Å². The number of fused-ring (bicyclic) bond motifs is 9. The van der Waals surface area contributed by atoms with Crippen molar-refractivity contribution in [3.63, 3.8) is 0 Å². The number of benzene rings is 5. The first-order chi connectivity index (χ1) is 32.7. The Bertz CT molecular complexity index is 3220. The highest BCUT2D eigenvalue weighted by Gasteiger charge is 2.28. The van der Waals surface area contributed by atoms with Crippen LogP contribution in [-0.2, 0) is 13.1 Å². The molecule has 66 heavy (non-hydrogen) atoms. The van der Waals surface area contributed by atoms with Gasteiger partial charge in [-0.1, -0.05) is 113 Å². The molecule has 0 saturated heterocycles. The molecule has 0 spiro atoms. The van der Waals surface area contributed by atoms with Crippen LogP contribution in [0.15, 0.2) is 108 Å². The van der Waals surface area contributed by atoms with Crippen LogP contribution in [0.4, 0.5) is 0 Å². The predicted octanol–water partition coefficient (Wildman–Crippen LogP) is 15.3. The molecular weight excluding hydrogens is 857 g/mol. The standard InChI is InChI=1S/C56H52N4O4S2/c1-3-5-7-13-25-59-43-17-11-9-15-37(43)41-31-35(19-23-45(41)59)49-50(36-20-24-46-42(32-36)38-16-10-12-18-44(38)60(46)26-14-8-6-4-2)58-52-40(56-54-48(34-66-56)62-28-30-64-54)22-21-39(51(52)57-49)55-53-47(33-65-55)61-27-29-63-53/h9-12,15-24,31-34H,3-8,13-14,25-30H2,1-2H3. The minimum atomic E-state index is 0.496. The van der Waals surface area contributed by atoms with Gasteiger partial charge < -0.3 is 28.1 Å². The second-order valence-electron chi connectivity index (χ2n) is 17.6. The molecule has 0 bridgehead atoms. The molecule has 8 nitrogen and oxygen atoms in total. The third-order valence-electron chi connectivity index (χ3n) is 13.5. The van der Waals surface area contributed by atoms with Crippen LogP contribution >= 0.6 is 22.7 Å². The van der Waals surface area contributed by atoms with Crippen molar-refractivity contribution >= 4 is 77.3 Å². The Morgan fingerprint density at radius 2 is 0.909 bits per heavy atom. The van der Waals surface area contributed by atoms with Gasteiger partial charge in [0.15, 0.2) is 23.0 Å².